The smallest absolute Gasteiger partial charge is 0.248 e. The minimum atomic E-state index is -1.90. The van der Waals surface area contributed by atoms with Crippen molar-refractivity contribution in [3.05, 3.63) is 0 Å². The van der Waals surface area contributed by atoms with E-state index in [2.05, 4.69) is 0 Å². The van der Waals surface area contributed by atoms with Crippen molar-refractivity contribution >= 4 is 40.6 Å². The molecule has 14 heavy (non-hydrogen) atoms. The summed E-state index contributed by atoms with van der Waals surface area (Å²) >= 11 is 16.2. The highest BCUT2D eigenvalue weighted by molar-refractivity contribution is 6.76. The largest absolute Gasteiger partial charge is 0.352 e. The normalized spacial score (nSPS) is 12.1. The first-order chi connectivity index (χ1) is 6.41. The summed E-state index contributed by atoms with van der Waals surface area (Å²) in [5.74, 6) is -0.533. The Morgan fingerprint density at radius 2 is 1.64 bits per heavy atom. The third kappa shape index (κ3) is 6.04. The van der Waals surface area contributed by atoms with Crippen LogP contribution in [-0.2, 0) is 14.3 Å². The van der Waals surface area contributed by atoms with Gasteiger partial charge in [-0.1, -0.05) is 34.8 Å². The molecule has 0 aromatic heterocycles. The van der Waals surface area contributed by atoms with Crippen LogP contribution in [0.1, 0.15) is 20.3 Å². The fraction of sp³-hybridized carbons (Fsp3) is 0.875. The molecule has 0 aliphatic heterocycles. The predicted octanol–water partition coefficient (Wildman–Crippen LogP) is 2.71. The lowest BCUT2D eigenvalue weighted by molar-refractivity contribution is -0.151. The number of carbonyl (C=O) groups excluding carboxylic acids is 1. The van der Waals surface area contributed by atoms with Gasteiger partial charge in [-0.2, -0.15) is 0 Å². The molecule has 0 saturated heterocycles. The van der Waals surface area contributed by atoms with E-state index in [0.29, 0.717) is 13.2 Å². The Morgan fingerprint density at radius 1 is 1.21 bits per heavy atom. The van der Waals surface area contributed by atoms with Gasteiger partial charge in [0, 0.05) is 13.2 Å². The van der Waals surface area contributed by atoms with E-state index < -0.39 is 15.9 Å². The summed E-state index contributed by atoms with van der Waals surface area (Å²) in [7, 11) is 0. The third-order valence-electron chi connectivity index (χ3n) is 1.37. The molecular formula is C8H13Cl3O3. The first kappa shape index (κ1) is 14.5. The van der Waals surface area contributed by atoms with Gasteiger partial charge >= 0.3 is 0 Å². The topological polar surface area (TPSA) is 35.5 Å². The van der Waals surface area contributed by atoms with E-state index in [1.807, 2.05) is 0 Å². The molecule has 0 amide bonds. The van der Waals surface area contributed by atoms with Gasteiger partial charge in [-0.3, -0.25) is 4.79 Å². The van der Waals surface area contributed by atoms with E-state index in [-0.39, 0.29) is 6.42 Å². The minimum Gasteiger partial charge on any atom is -0.352 e. The highest BCUT2D eigenvalue weighted by atomic mass is 35.6. The van der Waals surface area contributed by atoms with Crippen LogP contribution in [0, 0.1) is 0 Å². The van der Waals surface area contributed by atoms with Gasteiger partial charge in [-0.25, -0.2) is 0 Å². The second-order valence-corrected chi connectivity index (χ2v) is 4.75. The van der Waals surface area contributed by atoms with E-state index >= 15 is 0 Å². The molecule has 0 fully saturated rings. The number of Topliss-reactive ketones (excluding diaryl/α,β-unsaturated/α-hetero) is 1. The van der Waals surface area contributed by atoms with Crippen LogP contribution in [0.2, 0.25) is 0 Å². The fourth-order valence-corrected chi connectivity index (χ4v) is 1.04. The quantitative estimate of drug-likeness (QED) is 0.546. The lowest BCUT2D eigenvalue weighted by Crippen LogP contribution is -2.28. The first-order valence-electron chi connectivity index (χ1n) is 4.25. The molecule has 0 rings (SSSR count). The number of hydrogen-bond acceptors (Lipinski definition) is 3. The fourth-order valence-electron chi connectivity index (χ4n) is 0.805. The second kappa shape index (κ2) is 6.85. The third-order valence-corrected chi connectivity index (χ3v) is 2.01. The van der Waals surface area contributed by atoms with E-state index in [0.717, 1.165) is 0 Å². The highest BCUT2D eigenvalue weighted by Crippen LogP contribution is 2.29. The Kier molecular flexibility index (Phi) is 7.08. The molecule has 0 unspecified atom stereocenters. The van der Waals surface area contributed by atoms with Gasteiger partial charge < -0.3 is 9.47 Å². The molecule has 6 heteroatoms. The van der Waals surface area contributed by atoms with Crippen LogP contribution in [0.25, 0.3) is 0 Å². The summed E-state index contributed by atoms with van der Waals surface area (Å²) in [4.78, 5) is 11.3. The molecule has 0 aliphatic carbocycles. The Hall–Kier alpha value is 0.460. The maximum absolute atomic E-state index is 11.3. The minimum absolute atomic E-state index is 0.0574. The van der Waals surface area contributed by atoms with Crippen LogP contribution in [-0.4, -0.2) is 29.1 Å². The van der Waals surface area contributed by atoms with Gasteiger partial charge in [0.2, 0.25) is 3.79 Å². The number of hydrogen-bond donors (Lipinski definition) is 0. The van der Waals surface area contributed by atoms with Crippen molar-refractivity contribution in [3.8, 4) is 0 Å². The predicted molar refractivity (Wildman–Crippen MR) is 57.0 cm³/mol. The average Bonchev–Trinajstić information content (AvgIpc) is 2.03. The van der Waals surface area contributed by atoms with Gasteiger partial charge in [0.15, 0.2) is 12.1 Å². The van der Waals surface area contributed by atoms with E-state index in [4.69, 9.17) is 44.3 Å². The van der Waals surface area contributed by atoms with Crippen LogP contribution in [0.5, 0.6) is 0 Å². The Bertz CT molecular complexity index is 173. The van der Waals surface area contributed by atoms with Crippen molar-refractivity contribution in [3.63, 3.8) is 0 Å². The summed E-state index contributed by atoms with van der Waals surface area (Å²) in [5, 5.41) is 0. The number of halogens is 3. The van der Waals surface area contributed by atoms with Crippen LogP contribution >= 0.6 is 34.8 Å². The zero-order valence-electron chi connectivity index (χ0n) is 8.06. The van der Waals surface area contributed by atoms with Gasteiger partial charge in [0.1, 0.15) is 0 Å². The van der Waals surface area contributed by atoms with Crippen molar-refractivity contribution < 1.29 is 14.3 Å². The molecular weight excluding hydrogens is 250 g/mol. The molecule has 0 aromatic rings. The zero-order chi connectivity index (χ0) is 11.2. The molecule has 0 bridgehead atoms. The summed E-state index contributed by atoms with van der Waals surface area (Å²) in [6.07, 6.45) is -0.689. The maximum atomic E-state index is 11.3. The van der Waals surface area contributed by atoms with Crippen LogP contribution in [0.15, 0.2) is 0 Å². The lowest BCUT2D eigenvalue weighted by atomic mass is 10.3. The molecule has 0 spiro atoms. The first-order valence-corrected chi connectivity index (χ1v) is 5.38. The molecule has 0 N–H and O–H groups in total. The summed E-state index contributed by atoms with van der Waals surface area (Å²) < 4.78 is 8.36. The molecule has 0 radical (unpaired) electrons. The molecule has 0 heterocycles. The van der Waals surface area contributed by atoms with E-state index in [9.17, 15) is 4.79 Å². The summed E-state index contributed by atoms with van der Waals surface area (Å²) in [5.41, 5.74) is 0. The van der Waals surface area contributed by atoms with Gasteiger partial charge in [0.05, 0.1) is 6.42 Å². The van der Waals surface area contributed by atoms with Crippen LogP contribution < -0.4 is 0 Å². The van der Waals surface area contributed by atoms with Crippen molar-refractivity contribution in [2.75, 3.05) is 13.2 Å². The van der Waals surface area contributed by atoms with Crippen molar-refractivity contribution in [2.24, 2.45) is 0 Å². The van der Waals surface area contributed by atoms with Crippen LogP contribution in [0.3, 0.4) is 0 Å². The SMILES string of the molecule is CCOC(CC(=O)C(Cl)(Cl)Cl)OCC. The highest BCUT2D eigenvalue weighted by Gasteiger charge is 2.32. The van der Waals surface area contributed by atoms with Gasteiger partial charge in [-0.15, -0.1) is 0 Å². The van der Waals surface area contributed by atoms with Crippen molar-refractivity contribution in [1.82, 2.24) is 0 Å². The number of ketones is 1. The number of rotatable bonds is 6. The maximum Gasteiger partial charge on any atom is 0.248 e. The average molecular weight is 264 g/mol. The van der Waals surface area contributed by atoms with Crippen LogP contribution in [0.4, 0.5) is 0 Å². The Balaban J connectivity index is 4.08. The molecule has 0 aliphatic rings. The number of ether oxygens (including phenoxy) is 2. The Morgan fingerprint density at radius 3 is 1.93 bits per heavy atom. The van der Waals surface area contributed by atoms with Gasteiger partial charge in [0.25, 0.3) is 0 Å². The van der Waals surface area contributed by atoms with Crippen molar-refractivity contribution in [2.45, 2.75) is 30.4 Å². The molecule has 0 atom stereocenters. The standard InChI is InChI=1S/C8H13Cl3O3/c1-3-13-7(14-4-2)5-6(12)8(9,10)11/h7H,3-5H2,1-2H3. The number of carbonyl (C=O) groups is 1. The Labute approximate surface area is 98.6 Å². The summed E-state index contributed by atoms with van der Waals surface area (Å²) in [6, 6.07) is 0. The molecule has 0 aromatic carbocycles. The van der Waals surface area contributed by atoms with Gasteiger partial charge in [-0.05, 0) is 13.8 Å². The second-order valence-electron chi connectivity index (χ2n) is 2.47. The van der Waals surface area contributed by atoms with Crippen molar-refractivity contribution in [1.29, 1.82) is 0 Å². The van der Waals surface area contributed by atoms with E-state index in [1.54, 1.807) is 13.8 Å². The van der Waals surface area contributed by atoms with E-state index in [1.165, 1.54) is 0 Å². The lowest BCUT2D eigenvalue weighted by Gasteiger charge is -2.18. The zero-order valence-corrected chi connectivity index (χ0v) is 10.3. The monoisotopic (exact) mass is 262 g/mol. The molecule has 0 saturated carbocycles. The molecule has 3 nitrogen and oxygen atoms in total. The number of alkyl halides is 3. The molecule has 84 valence electrons. The summed E-state index contributed by atoms with van der Waals surface area (Å²) in [6.45, 7) is 4.48.